The highest BCUT2D eigenvalue weighted by Crippen LogP contribution is 2.29. The number of anilines is 1. The Morgan fingerprint density at radius 2 is 2.00 bits per heavy atom. The standard InChI is InChI=1S/C15H20N2O3/c1-9-6-10(2)13(12(7-9)14(18)19)16-15(20)17(3)8-11-4-5-11/h6-7,11H,4-5,8H2,1-3H3,(H,16,20)(H,18,19). The molecule has 1 aromatic carbocycles. The van der Waals surface area contributed by atoms with Crippen LogP contribution in [0, 0.1) is 19.8 Å². The van der Waals surface area contributed by atoms with E-state index in [2.05, 4.69) is 5.32 Å². The van der Waals surface area contributed by atoms with Crippen molar-refractivity contribution in [2.75, 3.05) is 18.9 Å². The fourth-order valence-corrected chi connectivity index (χ4v) is 2.28. The molecule has 2 amide bonds. The molecule has 5 nitrogen and oxygen atoms in total. The molecular formula is C15H20N2O3. The maximum Gasteiger partial charge on any atom is 0.337 e. The monoisotopic (exact) mass is 276 g/mol. The van der Waals surface area contributed by atoms with Gasteiger partial charge in [-0.1, -0.05) is 6.07 Å². The number of benzene rings is 1. The Balaban J connectivity index is 2.18. The summed E-state index contributed by atoms with van der Waals surface area (Å²) in [6.45, 7) is 4.36. The van der Waals surface area contributed by atoms with Gasteiger partial charge in [0.15, 0.2) is 0 Å². The molecule has 1 aliphatic rings. The summed E-state index contributed by atoms with van der Waals surface area (Å²) >= 11 is 0. The van der Waals surface area contributed by atoms with Crippen LogP contribution in [0.15, 0.2) is 12.1 Å². The minimum absolute atomic E-state index is 0.135. The van der Waals surface area contributed by atoms with E-state index in [0.717, 1.165) is 17.7 Å². The lowest BCUT2D eigenvalue weighted by atomic mass is 10.0. The molecule has 2 rings (SSSR count). The lowest BCUT2D eigenvalue weighted by molar-refractivity contribution is 0.0698. The van der Waals surface area contributed by atoms with Crippen LogP contribution < -0.4 is 5.32 Å². The normalized spacial score (nSPS) is 13.9. The molecule has 20 heavy (non-hydrogen) atoms. The van der Waals surface area contributed by atoms with Gasteiger partial charge in [0, 0.05) is 13.6 Å². The number of carbonyl (C=O) groups is 2. The first-order chi connectivity index (χ1) is 9.38. The van der Waals surface area contributed by atoms with E-state index in [9.17, 15) is 14.7 Å². The number of carboxylic acids is 1. The molecule has 0 spiro atoms. The number of nitrogens with one attached hydrogen (secondary N) is 1. The molecule has 0 atom stereocenters. The van der Waals surface area contributed by atoms with E-state index in [1.807, 2.05) is 13.0 Å². The minimum Gasteiger partial charge on any atom is -0.478 e. The van der Waals surface area contributed by atoms with E-state index < -0.39 is 5.97 Å². The van der Waals surface area contributed by atoms with Gasteiger partial charge < -0.3 is 15.3 Å². The SMILES string of the molecule is Cc1cc(C)c(NC(=O)N(C)CC2CC2)c(C(=O)O)c1. The molecule has 0 radical (unpaired) electrons. The molecule has 108 valence electrons. The molecule has 5 heteroatoms. The summed E-state index contributed by atoms with van der Waals surface area (Å²) < 4.78 is 0. The Morgan fingerprint density at radius 3 is 2.55 bits per heavy atom. The maximum absolute atomic E-state index is 12.1. The highest BCUT2D eigenvalue weighted by molar-refractivity contribution is 6.01. The molecule has 1 aromatic rings. The lowest BCUT2D eigenvalue weighted by Gasteiger charge is -2.20. The van der Waals surface area contributed by atoms with Crippen molar-refractivity contribution < 1.29 is 14.7 Å². The Labute approximate surface area is 118 Å². The third-order valence-electron chi connectivity index (χ3n) is 3.52. The summed E-state index contributed by atoms with van der Waals surface area (Å²) in [5.41, 5.74) is 2.14. The molecule has 0 bridgehead atoms. The fraction of sp³-hybridized carbons (Fsp3) is 0.467. The quantitative estimate of drug-likeness (QED) is 0.888. The number of carboxylic acid groups (broad SMARTS) is 1. The van der Waals surface area contributed by atoms with Crippen LogP contribution >= 0.6 is 0 Å². The zero-order valence-electron chi connectivity index (χ0n) is 12.1. The van der Waals surface area contributed by atoms with Gasteiger partial charge in [0.25, 0.3) is 0 Å². The summed E-state index contributed by atoms with van der Waals surface area (Å²) in [5.74, 6) is -0.430. The van der Waals surface area contributed by atoms with Crippen molar-refractivity contribution in [3.63, 3.8) is 0 Å². The molecular weight excluding hydrogens is 256 g/mol. The van der Waals surface area contributed by atoms with Crippen LogP contribution in [-0.2, 0) is 0 Å². The van der Waals surface area contributed by atoms with Gasteiger partial charge in [0.05, 0.1) is 11.3 Å². The van der Waals surface area contributed by atoms with Gasteiger partial charge in [-0.25, -0.2) is 9.59 Å². The van der Waals surface area contributed by atoms with Crippen LogP contribution in [0.1, 0.15) is 34.3 Å². The Bertz CT molecular complexity index is 550. The number of amides is 2. The third kappa shape index (κ3) is 3.29. The van der Waals surface area contributed by atoms with Crippen molar-refractivity contribution >= 4 is 17.7 Å². The average Bonchev–Trinajstić information content (AvgIpc) is 3.15. The number of aryl methyl sites for hydroxylation is 2. The number of urea groups is 1. The smallest absolute Gasteiger partial charge is 0.337 e. The molecule has 0 aromatic heterocycles. The number of hydrogen-bond acceptors (Lipinski definition) is 2. The van der Waals surface area contributed by atoms with Crippen LogP contribution in [0.25, 0.3) is 0 Å². The second kappa shape index (κ2) is 5.53. The molecule has 0 aliphatic heterocycles. The van der Waals surface area contributed by atoms with Gasteiger partial charge in [0.2, 0.25) is 0 Å². The summed E-state index contributed by atoms with van der Waals surface area (Å²) in [6.07, 6.45) is 2.34. The van der Waals surface area contributed by atoms with Crippen molar-refractivity contribution in [3.8, 4) is 0 Å². The summed E-state index contributed by atoms with van der Waals surface area (Å²) in [7, 11) is 1.73. The fourth-order valence-electron chi connectivity index (χ4n) is 2.28. The Morgan fingerprint density at radius 1 is 1.35 bits per heavy atom. The summed E-state index contributed by atoms with van der Waals surface area (Å²) in [6, 6.07) is 3.18. The first kappa shape index (κ1) is 14.4. The van der Waals surface area contributed by atoms with Crippen molar-refractivity contribution in [1.82, 2.24) is 4.90 Å². The van der Waals surface area contributed by atoms with Crippen LogP contribution in [-0.4, -0.2) is 35.6 Å². The van der Waals surface area contributed by atoms with Crippen molar-refractivity contribution in [1.29, 1.82) is 0 Å². The van der Waals surface area contributed by atoms with Crippen LogP contribution in [0.2, 0.25) is 0 Å². The molecule has 1 aliphatic carbocycles. The zero-order chi connectivity index (χ0) is 14.9. The molecule has 0 unspecified atom stereocenters. The second-order valence-corrected chi connectivity index (χ2v) is 5.56. The zero-order valence-corrected chi connectivity index (χ0v) is 12.1. The van der Waals surface area contributed by atoms with Gasteiger partial charge in [-0.05, 0) is 49.8 Å². The van der Waals surface area contributed by atoms with E-state index in [1.54, 1.807) is 24.9 Å². The summed E-state index contributed by atoms with van der Waals surface area (Å²) in [5, 5.41) is 12.0. The van der Waals surface area contributed by atoms with E-state index >= 15 is 0 Å². The molecule has 0 heterocycles. The predicted octanol–water partition coefficient (Wildman–Crippen LogP) is 2.88. The van der Waals surface area contributed by atoms with E-state index in [-0.39, 0.29) is 11.6 Å². The first-order valence-electron chi connectivity index (χ1n) is 6.75. The Hall–Kier alpha value is -2.04. The van der Waals surface area contributed by atoms with Crippen LogP contribution in [0.3, 0.4) is 0 Å². The van der Waals surface area contributed by atoms with Crippen molar-refractivity contribution in [2.45, 2.75) is 26.7 Å². The third-order valence-corrected chi connectivity index (χ3v) is 3.52. The highest BCUT2D eigenvalue weighted by atomic mass is 16.4. The lowest BCUT2D eigenvalue weighted by Crippen LogP contribution is -2.33. The van der Waals surface area contributed by atoms with Crippen molar-refractivity contribution in [3.05, 3.63) is 28.8 Å². The highest BCUT2D eigenvalue weighted by Gasteiger charge is 2.25. The second-order valence-electron chi connectivity index (χ2n) is 5.56. The number of hydrogen-bond donors (Lipinski definition) is 2. The molecule has 2 N–H and O–H groups in total. The number of rotatable bonds is 4. The van der Waals surface area contributed by atoms with Gasteiger partial charge in [-0.15, -0.1) is 0 Å². The van der Waals surface area contributed by atoms with Crippen LogP contribution in [0.4, 0.5) is 10.5 Å². The van der Waals surface area contributed by atoms with Crippen molar-refractivity contribution in [2.24, 2.45) is 5.92 Å². The number of aromatic carboxylic acids is 1. The maximum atomic E-state index is 12.1. The number of nitrogens with zero attached hydrogens (tertiary/aromatic N) is 1. The van der Waals surface area contributed by atoms with Gasteiger partial charge >= 0.3 is 12.0 Å². The Kier molecular flexibility index (Phi) is 3.97. The molecule has 0 saturated heterocycles. The summed E-state index contributed by atoms with van der Waals surface area (Å²) in [4.78, 5) is 25.0. The minimum atomic E-state index is -1.03. The van der Waals surface area contributed by atoms with E-state index in [4.69, 9.17) is 0 Å². The van der Waals surface area contributed by atoms with Gasteiger partial charge in [0.1, 0.15) is 0 Å². The van der Waals surface area contributed by atoms with E-state index in [1.165, 1.54) is 12.8 Å². The van der Waals surface area contributed by atoms with Gasteiger partial charge in [-0.3, -0.25) is 0 Å². The number of carbonyl (C=O) groups excluding carboxylic acids is 1. The molecule has 1 fully saturated rings. The predicted molar refractivity (Wildman–Crippen MR) is 77.2 cm³/mol. The average molecular weight is 276 g/mol. The largest absolute Gasteiger partial charge is 0.478 e. The van der Waals surface area contributed by atoms with Crippen LogP contribution in [0.5, 0.6) is 0 Å². The molecule has 1 saturated carbocycles. The van der Waals surface area contributed by atoms with Gasteiger partial charge in [-0.2, -0.15) is 0 Å². The van der Waals surface area contributed by atoms with E-state index in [0.29, 0.717) is 11.6 Å². The first-order valence-corrected chi connectivity index (χ1v) is 6.75. The topological polar surface area (TPSA) is 69.6 Å².